The number of esters is 1. The first-order valence-electron chi connectivity index (χ1n) is 7.51. The summed E-state index contributed by atoms with van der Waals surface area (Å²) in [7, 11) is 1.29. The molecular weight excluding hydrogens is 294 g/mol. The average Bonchev–Trinajstić information content (AvgIpc) is 2.44. The molecule has 0 unspecified atom stereocenters. The van der Waals surface area contributed by atoms with Gasteiger partial charge in [-0.1, -0.05) is 30.3 Å². The zero-order chi connectivity index (χ0) is 17.5. The van der Waals surface area contributed by atoms with Gasteiger partial charge < -0.3 is 14.8 Å². The standard InChI is InChI=1S/C18H25NO4/c1-6-8-13-9-7-10-14(11-13)12-15(16(20)22-5)19-17(21)23-18(2,3)4/h6-7,9-11,15H,1,8,12H2,2-5H3,(H,19,21)/t15-/m1/s1. The van der Waals surface area contributed by atoms with E-state index in [1.54, 1.807) is 20.8 Å². The van der Waals surface area contributed by atoms with Gasteiger partial charge in [0.05, 0.1) is 7.11 Å². The number of carbonyl (C=O) groups excluding carboxylic acids is 2. The monoisotopic (exact) mass is 319 g/mol. The number of rotatable bonds is 6. The van der Waals surface area contributed by atoms with Gasteiger partial charge >= 0.3 is 12.1 Å². The van der Waals surface area contributed by atoms with Crippen LogP contribution in [0.2, 0.25) is 0 Å². The highest BCUT2D eigenvalue weighted by atomic mass is 16.6. The van der Waals surface area contributed by atoms with Crippen LogP contribution in [0.5, 0.6) is 0 Å². The first-order chi connectivity index (χ1) is 10.7. The molecular formula is C18H25NO4. The highest BCUT2D eigenvalue weighted by molar-refractivity contribution is 5.81. The van der Waals surface area contributed by atoms with Crippen LogP contribution in [0.25, 0.3) is 0 Å². The molecule has 0 radical (unpaired) electrons. The molecule has 1 aromatic carbocycles. The lowest BCUT2D eigenvalue weighted by Crippen LogP contribution is -2.45. The molecule has 23 heavy (non-hydrogen) atoms. The van der Waals surface area contributed by atoms with Gasteiger partial charge in [0.2, 0.25) is 0 Å². The predicted molar refractivity (Wildman–Crippen MR) is 89.2 cm³/mol. The summed E-state index contributed by atoms with van der Waals surface area (Å²) in [5, 5.41) is 2.57. The first kappa shape index (κ1) is 18.7. The second-order valence-corrected chi connectivity index (χ2v) is 6.24. The number of benzene rings is 1. The summed E-state index contributed by atoms with van der Waals surface area (Å²) in [5.41, 5.74) is 1.39. The number of hydrogen-bond donors (Lipinski definition) is 1. The Morgan fingerprint density at radius 2 is 1.96 bits per heavy atom. The van der Waals surface area contributed by atoms with Crippen molar-refractivity contribution in [1.82, 2.24) is 5.32 Å². The Bertz CT molecular complexity index is 560. The molecule has 1 aromatic rings. The van der Waals surface area contributed by atoms with Crippen molar-refractivity contribution in [3.05, 3.63) is 48.0 Å². The van der Waals surface area contributed by atoms with Crippen LogP contribution in [0.4, 0.5) is 4.79 Å². The Balaban J connectivity index is 2.82. The van der Waals surface area contributed by atoms with Gasteiger partial charge in [0.25, 0.3) is 0 Å². The van der Waals surface area contributed by atoms with Crippen LogP contribution < -0.4 is 5.32 Å². The van der Waals surface area contributed by atoms with E-state index in [9.17, 15) is 9.59 Å². The van der Waals surface area contributed by atoms with Crippen molar-refractivity contribution in [2.24, 2.45) is 0 Å². The number of ether oxygens (including phenoxy) is 2. The number of carbonyl (C=O) groups is 2. The molecule has 1 atom stereocenters. The Morgan fingerprint density at radius 1 is 1.30 bits per heavy atom. The fourth-order valence-electron chi connectivity index (χ4n) is 2.07. The maximum absolute atomic E-state index is 11.9. The zero-order valence-corrected chi connectivity index (χ0v) is 14.2. The molecule has 0 heterocycles. The van der Waals surface area contributed by atoms with Crippen molar-refractivity contribution in [3.8, 4) is 0 Å². The van der Waals surface area contributed by atoms with E-state index in [1.807, 2.05) is 30.3 Å². The van der Waals surface area contributed by atoms with Crippen LogP contribution in [-0.4, -0.2) is 30.8 Å². The molecule has 0 aliphatic rings. The smallest absolute Gasteiger partial charge is 0.408 e. The molecule has 0 aliphatic carbocycles. The summed E-state index contributed by atoms with van der Waals surface area (Å²) < 4.78 is 9.96. The third-order valence-electron chi connectivity index (χ3n) is 2.99. The molecule has 1 amide bonds. The predicted octanol–water partition coefficient (Wildman–Crippen LogP) is 3.02. The Kier molecular flexibility index (Phi) is 6.82. The van der Waals surface area contributed by atoms with Crippen molar-refractivity contribution in [3.63, 3.8) is 0 Å². The highest BCUT2D eigenvalue weighted by Crippen LogP contribution is 2.11. The summed E-state index contributed by atoms with van der Waals surface area (Å²) in [6.07, 6.45) is 2.25. The van der Waals surface area contributed by atoms with Gasteiger partial charge in [0.1, 0.15) is 11.6 Å². The van der Waals surface area contributed by atoms with Gasteiger partial charge in [0.15, 0.2) is 0 Å². The van der Waals surface area contributed by atoms with E-state index in [2.05, 4.69) is 11.9 Å². The van der Waals surface area contributed by atoms with Crippen molar-refractivity contribution in [1.29, 1.82) is 0 Å². The lowest BCUT2D eigenvalue weighted by atomic mass is 10.0. The van der Waals surface area contributed by atoms with Crippen LogP contribution in [-0.2, 0) is 27.1 Å². The van der Waals surface area contributed by atoms with Gasteiger partial charge in [-0.15, -0.1) is 6.58 Å². The number of alkyl carbamates (subject to hydrolysis) is 1. The molecule has 0 spiro atoms. The van der Waals surface area contributed by atoms with Crippen LogP contribution in [0.1, 0.15) is 31.9 Å². The molecule has 0 saturated carbocycles. The van der Waals surface area contributed by atoms with Crippen LogP contribution in [0, 0.1) is 0 Å². The van der Waals surface area contributed by atoms with E-state index in [1.165, 1.54) is 7.11 Å². The molecule has 5 heteroatoms. The summed E-state index contributed by atoms with van der Waals surface area (Å²) >= 11 is 0. The third-order valence-corrected chi connectivity index (χ3v) is 2.99. The molecule has 1 N–H and O–H groups in total. The minimum atomic E-state index is -0.797. The second-order valence-electron chi connectivity index (χ2n) is 6.24. The SMILES string of the molecule is C=CCc1cccc(C[C@@H](NC(=O)OC(C)(C)C)C(=O)OC)c1. The van der Waals surface area contributed by atoms with Crippen LogP contribution >= 0.6 is 0 Å². The van der Waals surface area contributed by atoms with E-state index >= 15 is 0 Å². The molecule has 0 aromatic heterocycles. The molecule has 0 fully saturated rings. The molecule has 0 saturated heterocycles. The normalized spacial score (nSPS) is 12.2. The van der Waals surface area contributed by atoms with Gasteiger partial charge in [-0.2, -0.15) is 0 Å². The van der Waals surface area contributed by atoms with Crippen LogP contribution in [0.15, 0.2) is 36.9 Å². The first-order valence-corrected chi connectivity index (χ1v) is 7.51. The lowest BCUT2D eigenvalue weighted by molar-refractivity contribution is -0.143. The quantitative estimate of drug-likeness (QED) is 0.646. The number of nitrogens with one attached hydrogen (secondary N) is 1. The largest absolute Gasteiger partial charge is 0.467 e. The maximum atomic E-state index is 11.9. The lowest BCUT2D eigenvalue weighted by Gasteiger charge is -2.22. The number of amides is 1. The molecule has 126 valence electrons. The van der Waals surface area contributed by atoms with Crippen LogP contribution in [0.3, 0.4) is 0 Å². The summed E-state index contributed by atoms with van der Waals surface area (Å²) in [6.45, 7) is 9.00. The Hall–Kier alpha value is -2.30. The van der Waals surface area contributed by atoms with Gasteiger partial charge in [-0.05, 0) is 38.3 Å². The Labute approximate surface area is 137 Å². The van der Waals surface area contributed by atoms with Crippen molar-refractivity contribution < 1.29 is 19.1 Å². The molecule has 0 bridgehead atoms. The summed E-state index contributed by atoms with van der Waals surface area (Å²) in [5.74, 6) is -0.509. The van der Waals surface area contributed by atoms with Crippen molar-refractivity contribution in [2.45, 2.75) is 45.3 Å². The fraction of sp³-hybridized carbons (Fsp3) is 0.444. The third kappa shape index (κ3) is 7.00. The average molecular weight is 319 g/mol. The minimum absolute atomic E-state index is 0.330. The van der Waals surface area contributed by atoms with Crippen molar-refractivity contribution >= 4 is 12.1 Å². The summed E-state index contributed by atoms with van der Waals surface area (Å²) in [4.78, 5) is 23.8. The zero-order valence-electron chi connectivity index (χ0n) is 14.2. The maximum Gasteiger partial charge on any atom is 0.408 e. The van der Waals surface area contributed by atoms with Gasteiger partial charge in [-0.3, -0.25) is 0 Å². The van der Waals surface area contributed by atoms with E-state index in [4.69, 9.17) is 9.47 Å². The Morgan fingerprint density at radius 3 is 2.52 bits per heavy atom. The summed E-state index contributed by atoms with van der Waals surface area (Å²) in [6, 6.07) is 6.98. The number of hydrogen-bond acceptors (Lipinski definition) is 4. The minimum Gasteiger partial charge on any atom is -0.467 e. The number of allylic oxidation sites excluding steroid dienone is 1. The van der Waals surface area contributed by atoms with Gasteiger partial charge in [0, 0.05) is 6.42 Å². The van der Waals surface area contributed by atoms with E-state index < -0.39 is 23.7 Å². The van der Waals surface area contributed by atoms with Gasteiger partial charge in [-0.25, -0.2) is 9.59 Å². The number of methoxy groups -OCH3 is 1. The highest BCUT2D eigenvalue weighted by Gasteiger charge is 2.25. The molecule has 5 nitrogen and oxygen atoms in total. The fourth-order valence-corrected chi connectivity index (χ4v) is 2.07. The topological polar surface area (TPSA) is 64.6 Å². The molecule has 0 aliphatic heterocycles. The van der Waals surface area contributed by atoms with E-state index in [0.29, 0.717) is 6.42 Å². The van der Waals surface area contributed by atoms with E-state index in [0.717, 1.165) is 17.5 Å². The van der Waals surface area contributed by atoms with Crippen molar-refractivity contribution in [2.75, 3.05) is 7.11 Å². The second kappa shape index (κ2) is 8.36. The van der Waals surface area contributed by atoms with E-state index in [-0.39, 0.29) is 0 Å². The molecule has 1 rings (SSSR count).